The van der Waals surface area contributed by atoms with Gasteiger partial charge in [-0.1, -0.05) is 61.0 Å². The van der Waals surface area contributed by atoms with E-state index >= 15 is 0 Å². The molecule has 0 aliphatic heterocycles. The number of hydrogen-bond acceptors (Lipinski definition) is 24. The van der Waals surface area contributed by atoms with Crippen molar-refractivity contribution in [3.05, 3.63) is 89.8 Å². The first-order chi connectivity index (χ1) is 45.6. The molecule has 95 heavy (non-hydrogen) atoms. The van der Waals surface area contributed by atoms with Crippen molar-refractivity contribution in [3.63, 3.8) is 0 Å². The number of aryl methyl sites for hydroxylation is 2. The summed E-state index contributed by atoms with van der Waals surface area (Å²) in [6.45, 7) is 10.3. The zero-order chi connectivity index (χ0) is 69.2. The van der Waals surface area contributed by atoms with Gasteiger partial charge >= 0.3 is 0 Å². The Bertz CT molecular complexity index is 3340. The van der Waals surface area contributed by atoms with Gasteiger partial charge in [-0.05, 0) is 74.4 Å². The number of amides is 5. The highest BCUT2D eigenvalue weighted by Gasteiger charge is 2.40. The molecule has 0 aliphatic carbocycles. The Morgan fingerprint density at radius 1 is 0.558 bits per heavy atom. The van der Waals surface area contributed by atoms with E-state index in [0.29, 0.717) is 17.9 Å². The first-order valence-corrected chi connectivity index (χ1v) is 33.6. The predicted molar refractivity (Wildman–Crippen MR) is 333 cm³/mol. The summed E-state index contributed by atoms with van der Waals surface area (Å²) in [5, 5.41) is 51.3. The minimum absolute atomic E-state index is 0.0260. The normalized spacial score (nSPS) is 12.9. The van der Waals surface area contributed by atoms with E-state index in [4.69, 9.17) is 33.2 Å². The van der Waals surface area contributed by atoms with Crippen LogP contribution >= 0.6 is 0 Å². The maximum atomic E-state index is 13.9. The highest BCUT2D eigenvalue weighted by atomic mass is 32.2. The molecule has 0 aliphatic rings. The molecule has 0 radical (unpaired) electrons. The zero-order valence-electron chi connectivity index (χ0n) is 54.2. The van der Waals surface area contributed by atoms with E-state index in [9.17, 15) is 55.6 Å². The molecule has 1 unspecified atom stereocenters. The van der Waals surface area contributed by atoms with E-state index in [1.165, 1.54) is 69.9 Å². The number of carbonyl (C=O) groups excluding carboxylic acids is 5. The number of alkyl halides is 1. The second-order valence-electron chi connectivity index (χ2n) is 22.0. The summed E-state index contributed by atoms with van der Waals surface area (Å²) in [4.78, 5) is 64.7. The number of carbonyl (C=O) groups is 5. The summed E-state index contributed by atoms with van der Waals surface area (Å²) >= 11 is 0. The Labute approximate surface area is 551 Å². The maximum absolute atomic E-state index is 13.9. The molecule has 0 fully saturated rings. The number of hydrogen-bond donors (Lipinski definition) is 7. The molecule has 7 N–H and O–H groups in total. The van der Waals surface area contributed by atoms with Crippen molar-refractivity contribution >= 4 is 49.6 Å². The molecule has 0 bridgehead atoms. The van der Waals surface area contributed by atoms with Crippen LogP contribution in [0.5, 0.6) is 5.75 Å². The minimum atomic E-state index is -4.28. The molecule has 5 amide bonds. The Kier molecular flexibility index (Phi) is 34.1. The fourth-order valence-electron chi connectivity index (χ4n) is 9.25. The smallest absolute Gasteiger partial charge is 0.262 e. The summed E-state index contributed by atoms with van der Waals surface area (Å²) in [6.07, 6.45) is 5.01. The Hall–Kier alpha value is -7.56. The third-order valence-corrected chi connectivity index (χ3v) is 17.7. The van der Waals surface area contributed by atoms with Gasteiger partial charge < -0.3 is 49.1 Å². The molecule has 5 aromatic rings. The van der Waals surface area contributed by atoms with Crippen LogP contribution in [0.4, 0.5) is 4.39 Å². The SMILES string of the molecule is COc1ccc(S(=O)(=O)N(Cc2cn(CCOCCOCCOCCNC(=O)CCC(NC(=O)Cn3cc(CCCF)nn3)C(=O)NCCOCCOCCOCCn3cc(CN([C@@H](C(=O)NO)C(C)C)S(=O)(=O)c4ccc(C)cc4)nn3)nn2)[C@@H](C(=O)NO)C(C)C)cc1. The molecule has 34 nitrogen and oxygen atoms in total. The van der Waals surface area contributed by atoms with E-state index in [-0.39, 0.29) is 166 Å². The summed E-state index contributed by atoms with van der Waals surface area (Å²) in [5.41, 5.74) is 5.02. The average molecular weight is 1380 g/mol. The van der Waals surface area contributed by atoms with E-state index in [1.54, 1.807) is 57.0 Å². The fraction of sp³-hybridized carbons (Fsp3) is 0.603. The fourth-order valence-corrected chi connectivity index (χ4v) is 12.6. The summed E-state index contributed by atoms with van der Waals surface area (Å²) in [6, 6.07) is 8.22. The molecular formula is C58H89FN16O18S2. The molecule has 3 aromatic heterocycles. The van der Waals surface area contributed by atoms with Crippen LogP contribution < -0.4 is 31.6 Å². The highest BCUT2D eigenvalue weighted by molar-refractivity contribution is 7.89. The van der Waals surface area contributed by atoms with Crippen LogP contribution in [0.3, 0.4) is 0 Å². The molecule has 37 heteroatoms. The van der Waals surface area contributed by atoms with Gasteiger partial charge in [-0.3, -0.25) is 38.8 Å². The van der Waals surface area contributed by atoms with Gasteiger partial charge in [-0.15, -0.1) is 15.3 Å². The number of rotatable bonds is 49. The number of nitrogens with one attached hydrogen (secondary N) is 5. The van der Waals surface area contributed by atoms with E-state index in [0.717, 1.165) is 14.2 Å². The maximum Gasteiger partial charge on any atom is 0.262 e. The van der Waals surface area contributed by atoms with Gasteiger partial charge in [-0.2, -0.15) is 8.61 Å². The van der Waals surface area contributed by atoms with Gasteiger partial charge in [0.1, 0.15) is 30.4 Å². The zero-order valence-corrected chi connectivity index (χ0v) is 55.9. The van der Waals surface area contributed by atoms with Crippen LogP contribution in [-0.4, -0.2) is 235 Å². The topological polar surface area (TPSA) is 417 Å². The molecule has 5 rings (SSSR count). The van der Waals surface area contributed by atoms with Crippen molar-refractivity contribution in [2.24, 2.45) is 11.8 Å². The summed E-state index contributed by atoms with van der Waals surface area (Å²) < 4.78 is 113. The van der Waals surface area contributed by atoms with E-state index in [1.807, 2.05) is 6.92 Å². The number of ether oxygens (including phenoxy) is 7. The van der Waals surface area contributed by atoms with Crippen LogP contribution in [0.2, 0.25) is 0 Å². The summed E-state index contributed by atoms with van der Waals surface area (Å²) in [5.74, 6) is -3.93. The second-order valence-corrected chi connectivity index (χ2v) is 25.8. The lowest BCUT2D eigenvalue weighted by atomic mass is 10.0. The molecule has 3 heterocycles. The van der Waals surface area contributed by atoms with Crippen molar-refractivity contribution in [3.8, 4) is 5.75 Å². The van der Waals surface area contributed by atoms with Gasteiger partial charge in [-0.25, -0.2) is 41.8 Å². The largest absolute Gasteiger partial charge is 0.497 e. The number of aromatic nitrogens is 9. The number of nitrogens with zero attached hydrogens (tertiary/aromatic N) is 11. The summed E-state index contributed by atoms with van der Waals surface area (Å²) in [7, 11) is -7.06. The second kappa shape index (κ2) is 41.4. The Morgan fingerprint density at radius 2 is 0.979 bits per heavy atom. The molecule has 2 aromatic carbocycles. The number of sulfonamides is 2. The van der Waals surface area contributed by atoms with Crippen LogP contribution in [0.15, 0.2) is 76.9 Å². The van der Waals surface area contributed by atoms with Gasteiger partial charge in [0, 0.05) is 38.1 Å². The molecule has 0 saturated heterocycles. The average Bonchev–Trinajstić information content (AvgIpc) is 1.39. The molecule has 0 spiro atoms. The first kappa shape index (κ1) is 78.1. The van der Waals surface area contributed by atoms with E-state index < -0.39 is 86.2 Å². The lowest BCUT2D eigenvalue weighted by molar-refractivity contribution is -0.135. The number of methoxy groups -OCH3 is 1. The quantitative estimate of drug-likeness (QED) is 0.0154. The number of hydroxylamine groups is 2. The van der Waals surface area contributed by atoms with Crippen molar-refractivity contribution in [2.75, 3.05) is 106 Å². The van der Waals surface area contributed by atoms with Gasteiger partial charge in [0.15, 0.2) is 0 Å². The van der Waals surface area contributed by atoms with E-state index in [2.05, 4.69) is 46.9 Å². The number of benzene rings is 2. The van der Waals surface area contributed by atoms with Crippen molar-refractivity contribution in [2.45, 2.75) is 121 Å². The van der Waals surface area contributed by atoms with Crippen LogP contribution in [0.25, 0.3) is 0 Å². The van der Waals surface area contributed by atoms with Crippen molar-refractivity contribution in [1.29, 1.82) is 0 Å². The lowest BCUT2D eigenvalue weighted by Crippen LogP contribution is -2.51. The van der Waals surface area contributed by atoms with Crippen molar-refractivity contribution < 1.29 is 88.8 Å². The highest BCUT2D eigenvalue weighted by Crippen LogP contribution is 2.27. The minimum Gasteiger partial charge on any atom is -0.497 e. The number of halogens is 1. The van der Waals surface area contributed by atoms with Crippen molar-refractivity contribution in [1.82, 2.24) is 80.5 Å². The standard InChI is InChI=1S/C58H89FN16O18S2/c1-42(2)54(57(79)66-81)74(94(83,84)49-13-9-44(5)10-14-49)39-46-37-71(68-64-46)22-26-91-31-35-93-33-29-89-25-21-61-56(78)51(62-53(77)41-73-36-45(63-70-73)8-7-19-59)17-18-52(76)60-20-24-88-28-32-92-34-30-90-27-23-72-38-47(65-69-72)40-75(55(43(3)4)58(80)67-82)95(85,86)50-15-11-48(87-6)12-16-50/h9-16,36-38,42-43,51,54-55,81-82H,7-8,17-35,39-41H2,1-6H3,(H,60,76)(H,61,78)(H,62,77)(H,66,79)(H,67,80)/t51?,54-,55-/m1/s1. The molecule has 0 saturated carbocycles. The first-order valence-electron chi connectivity index (χ1n) is 30.8. The van der Waals surface area contributed by atoms with Gasteiger partial charge in [0.05, 0.1) is 146 Å². The van der Waals surface area contributed by atoms with Gasteiger partial charge in [0.2, 0.25) is 37.8 Å². The van der Waals surface area contributed by atoms with Crippen LogP contribution in [0, 0.1) is 18.8 Å². The Balaban J connectivity index is 0.942. The van der Waals surface area contributed by atoms with Crippen LogP contribution in [0.1, 0.15) is 69.6 Å². The molecule has 3 atom stereocenters. The lowest BCUT2D eigenvalue weighted by Gasteiger charge is -2.31. The monoisotopic (exact) mass is 1380 g/mol. The Morgan fingerprint density at radius 3 is 1.43 bits per heavy atom. The third kappa shape index (κ3) is 26.5. The third-order valence-electron chi connectivity index (χ3n) is 14.0. The molecular weight excluding hydrogens is 1290 g/mol. The molecule has 528 valence electrons. The predicted octanol–water partition coefficient (Wildman–Crippen LogP) is 0.119. The van der Waals surface area contributed by atoms with Gasteiger partial charge in [0.25, 0.3) is 11.8 Å². The van der Waals surface area contributed by atoms with Crippen LogP contribution in [-0.2, 0) is 112 Å².